The van der Waals surface area contributed by atoms with Crippen molar-refractivity contribution in [1.29, 1.82) is 0 Å². The maximum Gasteiger partial charge on any atom is 0.132 e. The zero-order chi connectivity index (χ0) is 23.6. The van der Waals surface area contributed by atoms with Gasteiger partial charge in [0.2, 0.25) is 0 Å². The van der Waals surface area contributed by atoms with Gasteiger partial charge in [0.1, 0.15) is 11.5 Å². The van der Waals surface area contributed by atoms with E-state index in [2.05, 4.69) is 117 Å². The lowest BCUT2D eigenvalue weighted by Gasteiger charge is -2.34. The molecule has 0 aliphatic carbocycles. The lowest BCUT2D eigenvalue weighted by molar-refractivity contribution is 0.418. The van der Waals surface area contributed by atoms with Gasteiger partial charge in [-0.2, -0.15) is 0 Å². The van der Waals surface area contributed by atoms with Crippen LogP contribution in [0.4, 0.5) is 0 Å². The Morgan fingerprint density at radius 1 is 0.571 bits per heavy atom. The Morgan fingerprint density at radius 2 is 1.26 bits per heavy atom. The third-order valence-corrected chi connectivity index (χ3v) is 8.59. The molecule has 2 heterocycles. The average molecular weight is 469 g/mol. The fraction of sp³-hybridized carbons (Fsp3) is 0.0909. The predicted octanol–water partition coefficient (Wildman–Crippen LogP) is 9.82. The van der Waals surface area contributed by atoms with E-state index in [1.165, 1.54) is 53.6 Å². The third-order valence-electron chi connectivity index (χ3n) is 7.37. The quantitative estimate of drug-likeness (QED) is 0.246. The Labute approximate surface area is 209 Å². The van der Waals surface area contributed by atoms with E-state index in [4.69, 9.17) is 4.74 Å². The normalized spacial score (nSPS) is 13.9. The smallest absolute Gasteiger partial charge is 0.132 e. The van der Waals surface area contributed by atoms with Crippen molar-refractivity contribution in [2.24, 2.45) is 0 Å². The minimum Gasteiger partial charge on any atom is -0.457 e. The summed E-state index contributed by atoms with van der Waals surface area (Å²) >= 11 is 1.88. The van der Waals surface area contributed by atoms with Crippen LogP contribution < -0.4 is 4.74 Å². The minimum atomic E-state index is -0.0878. The first-order valence-electron chi connectivity index (χ1n) is 12.0. The summed E-state index contributed by atoms with van der Waals surface area (Å²) in [6, 6.07) is 39.3. The van der Waals surface area contributed by atoms with Crippen molar-refractivity contribution in [3.63, 3.8) is 0 Å². The van der Waals surface area contributed by atoms with Crippen LogP contribution in [0.3, 0.4) is 0 Å². The fourth-order valence-corrected chi connectivity index (χ4v) is 6.69. The van der Waals surface area contributed by atoms with Crippen molar-refractivity contribution < 1.29 is 4.74 Å². The van der Waals surface area contributed by atoms with E-state index >= 15 is 0 Å². The Hall–Kier alpha value is -3.88. The monoisotopic (exact) mass is 468 g/mol. The minimum absolute atomic E-state index is 0.0878. The van der Waals surface area contributed by atoms with Crippen LogP contribution in [0, 0.1) is 0 Å². The van der Waals surface area contributed by atoms with E-state index in [1.54, 1.807) is 0 Å². The van der Waals surface area contributed by atoms with Crippen LogP contribution in [0.1, 0.15) is 25.0 Å². The molecule has 0 saturated carbocycles. The highest BCUT2D eigenvalue weighted by Gasteiger charge is 2.33. The van der Waals surface area contributed by atoms with Crippen LogP contribution in [0.25, 0.3) is 42.4 Å². The van der Waals surface area contributed by atoms with Crippen LogP contribution >= 0.6 is 11.3 Å². The van der Waals surface area contributed by atoms with Crippen molar-refractivity contribution in [2.75, 3.05) is 0 Å². The van der Waals surface area contributed by atoms with Gasteiger partial charge >= 0.3 is 0 Å². The Morgan fingerprint density at radius 3 is 2.14 bits per heavy atom. The number of para-hydroxylation sites is 1. The topological polar surface area (TPSA) is 9.23 Å². The van der Waals surface area contributed by atoms with Gasteiger partial charge in [0.15, 0.2) is 0 Å². The first kappa shape index (κ1) is 20.5. The standard InChI is InChI=1S/C33H24OS/c1-33(2)27-11-4-5-12-29(27)34-30-20-23(18-19-28(30)33)21-14-16-22(17-15-21)24-9-7-10-26-25-8-3-6-13-31(25)35-32(24)26/h3-20H,1-2H3. The van der Waals surface area contributed by atoms with Crippen molar-refractivity contribution in [3.8, 4) is 33.8 Å². The van der Waals surface area contributed by atoms with Gasteiger partial charge < -0.3 is 4.74 Å². The molecule has 6 aromatic rings. The van der Waals surface area contributed by atoms with E-state index in [0.717, 1.165) is 11.5 Å². The van der Waals surface area contributed by atoms with E-state index in [0.29, 0.717) is 0 Å². The van der Waals surface area contributed by atoms with Gasteiger partial charge in [0, 0.05) is 36.7 Å². The van der Waals surface area contributed by atoms with Gasteiger partial charge in [-0.05, 0) is 40.5 Å². The summed E-state index contributed by atoms with van der Waals surface area (Å²) in [6.07, 6.45) is 0. The molecule has 0 atom stereocenters. The second-order valence-electron chi connectivity index (χ2n) is 9.79. The van der Waals surface area contributed by atoms with Crippen LogP contribution in [-0.4, -0.2) is 0 Å². The highest BCUT2D eigenvalue weighted by molar-refractivity contribution is 7.26. The van der Waals surface area contributed by atoms with Crippen molar-refractivity contribution in [3.05, 3.63) is 120 Å². The first-order valence-corrected chi connectivity index (χ1v) is 12.8. The molecule has 168 valence electrons. The van der Waals surface area contributed by atoms with E-state index in [-0.39, 0.29) is 5.41 Å². The molecule has 1 aliphatic heterocycles. The third kappa shape index (κ3) is 3.14. The second-order valence-corrected chi connectivity index (χ2v) is 10.8. The summed E-state index contributed by atoms with van der Waals surface area (Å²) in [6.45, 7) is 4.55. The van der Waals surface area contributed by atoms with E-state index in [1.807, 2.05) is 17.4 Å². The molecule has 7 rings (SSSR count). The molecule has 2 heteroatoms. The van der Waals surface area contributed by atoms with Crippen LogP contribution in [0.5, 0.6) is 11.5 Å². The number of fused-ring (bicyclic) bond motifs is 5. The van der Waals surface area contributed by atoms with Gasteiger partial charge in [-0.1, -0.05) is 105 Å². The Kier molecular flexibility index (Phi) is 4.43. The lowest BCUT2D eigenvalue weighted by atomic mass is 9.75. The Balaban J connectivity index is 1.27. The van der Waals surface area contributed by atoms with Gasteiger partial charge in [-0.3, -0.25) is 0 Å². The SMILES string of the molecule is CC1(C)c2ccccc2Oc2cc(-c3ccc(-c4cccc5c4sc4ccccc45)cc3)ccc21. The molecule has 0 spiro atoms. The van der Waals surface area contributed by atoms with E-state index in [9.17, 15) is 0 Å². The molecule has 0 N–H and O–H groups in total. The van der Waals surface area contributed by atoms with Crippen molar-refractivity contribution in [2.45, 2.75) is 19.3 Å². The van der Waals surface area contributed by atoms with Gasteiger partial charge in [0.25, 0.3) is 0 Å². The zero-order valence-electron chi connectivity index (χ0n) is 19.7. The largest absolute Gasteiger partial charge is 0.457 e. The lowest BCUT2D eigenvalue weighted by Crippen LogP contribution is -2.24. The maximum absolute atomic E-state index is 6.35. The molecule has 0 unspecified atom stereocenters. The van der Waals surface area contributed by atoms with Crippen LogP contribution in [0.2, 0.25) is 0 Å². The molecular weight excluding hydrogens is 444 g/mol. The summed E-state index contributed by atoms with van der Waals surface area (Å²) in [5.74, 6) is 1.90. The molecule has 1 aromatic heterocycles. The number of ether oxygens (including phenoxy) is 1. The van der Waals surface area contributed by atoms with Gasteiger partial charge in [-0.15, -0.1) is 11.3 Å². The van der Waals surface area contributed by atoms with Gasteiger partial charge in [-0.25, -0.2) is 0 Å². The molecular formula is C33H24OS. The number of hydrogen-bond acceptors (Lipinski definition) is 2. The van der Waals surface area contributed by atoms with Crippen LogP contribution in [-0.2, 0) is 5.41 Å². The van der Waals surface area contributed by atoms with Crippen molar-refractivity contribution in [1.82, 2.24) is 0 Å². The fourth-order valence-electron chi connectivity index (χ4n) is 5.45. The van der Waals surface area contributed by atoms with Crippen LogP contribution in [0.15, 0.2) is 109 Å². The average Bonchev–Trinajstić information content (AvgIpc) is 3.28. The number of hydrogen-bond donors (Lipinski definition) is 0. The summed E-state index contributed by atoms with van der Waals surface area (Å²) in [7, 11) is 0. The molecule has 1 nitrogen and oxygen atoms in total. The molecule has 35 heavy (non-hydrogen) atoms. The van der Waals surface area contributed by atoms with E-state index < -0.39 is 0 Å². The maximum atomic E-state index is 6.35. The molecule has 0 amide bonds. The highest BCUT2D eigenvalue weighted by atomic mass is 32.1. The molecule has 0 fully saturated rings. The predicted molar refractivity (Wildman–Crippen MR) is 149 cm³/mol. The Bertz CT molecular complexity index is 1740. The summed E-state index contributed by atoms with van der Waals surface area (Å²) in [5.41, 5.74) is 7.28. The number of benzene rings is 5. The molecule has 5 aromatic carbocycles. The molecule has 0 saturated heterocycles. The van der Waals surface area contributed by atoms with Gasteiger partial charge in [0.05, 0.1) is 0 Å². The summed E-state index contributed by atoms with van der Waals surface area (Å²) in [4.78, 5) is 0. The molecule has 1 aliphatic rings. The first-order chi connectivity index (χ1) is 17.1. The molecule has 0 radical (unpaired) electrons. The second kappa shape index (κ2) is 7.56. The zero-order valence-corrected chi connectivity index (χ0v) is 20.5. The summed E-state index contributed by atoms with van der Waals surface area (Å²) < 4.78 is 9.04. The number of thiophene rings is 1. The van der Waals surface area contributed by atoms with Crippen molar-refractivity contribution >= 4 is 31.5 Å². The highest BCUT2D eigenvalue weighted by Crippen LogP contribution is 2.48. The summed E-state index contributed by atoms with van der Waals surface area (Å²) in [5, 5.41) is 2.67. The molecule has 0 bridgehead atoms. The number of rotatable bonds is 2.